The maximum absolute atomic E-state index is 12.6. The van der Waals surface area contributed by atoms with Gasteiger partial charge < -0.3 is 83.7 Å². The van der Waals surface area contributed by atoms with Crippen LogP contribution in [0.3, 0.4) is 0 Å². The van der Waals surface area contributed by atoms with Gasteiger partial charge >= 0.3 is 11.9 Å². The Morgan fingerprint density at radius 3 is 1.88 bits per heavy atom. The first kappa shape index (κ1) is 46.8. The van der Waals surface area contributed by atoms with Crippen molar-refractivity contribution in [1.29, 1.82) is 0 Å². The topological polar surface area (TPSA) is 288 Å². The van der Waals surface area contributed by atoms with Gasteiger partial charge in [-0.15, -0.1) is 0 Å². The van der Waals surface area contributed by atoms with Gasteiger partial charge in [0.15, 0.2) is 24.8 Å². The van der Waals surface area contributed by atoms with Crippen LogP contribution in [-0.4, -0.2) is 173 Å². The molecule has 0 radical (unpaired) electrons. The first-order valence-corrected chi connectivity index (χ1v) is 19.2. The van der Waals surface area contributed by atoms with Gasteiger partial charge in [-0.2, -0.15) is 0 Å². The van der Waals surface area contributed by atoms with Crippen LogP contribution in [0.15, 0.2) is 54.6 Å². The number of nitrogens with one attached hydrogen (secondary N) is 1. The molecule has 3 aliphatic heterocycles. The molecule has 8 N–H and O–H groups in total. The SMILES string of the molecule is COc1ccc(/C=C\C(=O)OC[C@H]2O[C@@H](O[C@H]3[C@H](Oc4ccc(CCNC(C)=O)cc4)O[C@@H](C)[C@H](OC(C)=O)[C@H]3O[C@@H]3O[C@H](CO)[C@@H](O)[C@H](O)[C@H]3O)[C@H](O)[C@@H](O)[C@@H]2O)cc1. The molecule has 0 aliphatic carbocycles. The molecule has 332 valence electrons. The Bertz CT molecular complexity index is 1730. The van der Waals surface area contributed by atoms with E-state index in [1.807, 2.05) is 0 Å². The molecule has 0 saturated carbocycles. The predicted molar refractivity (Wildman–Crippen MR) is 203 cm³/mol. The van der Waals surface area contributed by atoms with E-state index in [1.54, 1.807) is 48.5 Å². The summed E-state index contributed by atoms with van der Waals surface area (Å²) in [5, 5.41) is 77.4. The van der Waals surface area contributed by atoms with Crippen molar-refractivity contribution in [2.24, 2.45) is 0 Å². The Kier molecular flexibility index (Phi) is 16.7. The molecule has 20 nitrogen and oxygen atoms in total. The van der Waals surface area contributed by atoms with E-state index in [1.165, 1.54) is 27.0 Å². The Hall–Kier alpha value is -4.29. The molecule has 1 amide bonds. The van der Waals surface area contributed by atoms with Gasteiger partial charge in [-0.05, 0) is 54.8 Å². The van der Waals surface area contributed by atoms with Crippen molar-refractivity contribution in [2.45, 2.75) is 119 Å². The minimum Gasteiger partial charge on any atom is -0.497 e. The molecule has 0 spiro atoms. The molecule has 2 aromatic carbocycles. The number of ether oxygens (including phenoxy) is 9. The number of methoxy groups -OCH3 is 1. The zero-order valence-electron chi connectivity index (χ0n) is 33.3. The van der Waals surface area contributed by atoms with Gasteiger partial charge in [-0.25, -0.2) is 4.79 Å². The van der Waals surface area contributed by atoms with Gasteiger partial charge in [0.25, 0.3) is 0 Å². The number of hydrogen-bond donors (Lipinski definition) is 8. The van der Waals surface area contributed by atoms with Gasteiger partial charge in [0.05, 0.1) is 19.8 Å². The highest BCUT2D eigenvalue weighted by molar-refractivity contribution is 5.87. The molecule has 60 heavy (non-hydrogen) atoms. The monoisotopic (exact) mass is 851 g/mol. The van der Waals surface area contributed by atoms with Crippen LogP contribution in [0.25, 0.3) is 6.08 Å². The van der Waals surface area contributed by atoms with E-state index in [4.69, 9.17) is 42.6 Å². The summed E-state index contributed by atoms with van der Waals surface area (Å²) < 4.78 is 52.3. The van der Waals surface area contributed by atoms with Crippen molar-refractivity contribution in [3.63, 3.8) is 0 Å². The summed E-state index contributed by atoms with van der Waals surface area (Å²) in [7, 11) is 1.52. The van der Waals surface area contributed by atoms with Crippen LogP contribution in [0.5, 0.6) is 11.5 Å². The molecule has 20 heteroatoms. The molecule has 0 aromatic heterocycles. The fourth-order valence-electron chi connectivity index (χ4n) is 6.72. The summed E-state index contributed by atoms with van der Waals surface area (Å²) >= 11 is 0. The third-order valence-electron chi connectivity index (χ3n) is 10.0. The van der Waals surface area contributed by atoms with Gasteiger partial charge in [0.2, 0.25) is 12.2 Å². The van der Waals surface area contributed by atoms with Crippen molar-refractivity contribution < 1.29 is 92.8 Å². The van der Waals surface area contributed by atoms with Crippen LogP contribution in [0.2, 0.25) is 0 Å². The fourth-order valence-corrected chi connectivity index (χ4v) is 6.72. The van der Waals surface area contributed by atoms with E-state index in [-0.39, 0.29) is 11.7 Å². The smallest absolute Gasteiger partial charge is 0.330 e. The molecule has 3 saturated heterocycles. The Labute approximate surface area is 345 Å². The van der Waals surface area contributed by atoms with Crippen molar-refractivity contribution in [2.75, 3.05) is 26.9 Å². The standard InChI is InChI=1S/C40H53NO19/c1-19-35(55-21(3)44)36(59-38-33(50)31(48)29(46)26(17-42)57-38)37(40(54-19)56-25-12-7-23(8-13-25)15-16-41-20(2)43)60-39-34(51)32(49)30(47)27(58-39)18-53-28(45)14-9-22-5-10-24(52-4)11-6-22/h5-14,19,26-27,29-40,42,46-51H,15-18H2,1-4H3,(H,41,43)/b14-9-/t19-,26+,27+,29+,30+,31-,32-,33+,34+,35-,36+,37+,38-,39-,40-/m0/s1. The van der Waals surface area contributed by atoms with Crippen molar-refractivity contribution in [3.05, 3.63) is 65.7 Å². The number of amides is 1. The second kappa shape index (κ2) is 21.5. The Morgan fingerprint density at radius 1 is 0.717 bits per heavy atom. The van der Waals surface area contributed by atoms with Gasteiger partial charge in [0, 0.05) is 26.5 Å². The quantitative estimate of drug-likeness (QED) is 0.0674. The summed E-state index contributed by atoms with van der Waals surface area (Å²) in [5.41, 5.74) is 1.50. The molecule has 3 heterocycles. The number of benzene rings is 2. The number of carbonyl (C=O) groups is 3. The van der Waals surface area contributed by atoms with Gasteiger partial charge in [-0.1, -0.05) is 24.3 Å². The van der Waals surface area contributed by atoms with E-state index in [2.05, 4.69) is 5.32 Å². The van der Waals surface area contributed by atoms with Gasteiger partial charge in [-0.3, -0.25) is 9.59 Å². The van der Waals surface area contributed by atoms with E-state index in [0.29, 0.717) is 24.3 Å². The van der Waals surface area contributed by atoms with E-state index < -0.39 is 117 Å². The van der Waals surface area contributed by atoms with Crippen LogP contribution in [0, 0.1) is 0 Å². The van der Waals surface area contributed by atoms with Crippen LogP contribution in [0.4, 0.5) is 0 Å². The Balaban J connectivity index is 1.42. The van der Waals surface area contributed by atoms with E-state index in [9.17, 15) is 50.1 Å². The highest BCUT2D eigenvalue weighted by Crippen LogP contribution is 2.36. The summed E-state index contributed by atoms with van der Waals surface area (Å²) in [6.07, 6.45) is -21.8. The van der Waals surface area contributed by atoms with Crippen LogP contribution < -0.4 is 14.8 Å². The molecule has 15 atom stereocenters. The van der Waals surface area contributed by atoms with Crippen LogP contribution in [0.1, 0.15) is 31.9 Å². The average Bonchev–Trinajstić information content (AvgIpc) is 3.22. The second-order valence-corrected chi connectivity index (χ2v) is 14.4. The average molecular weight is 852 g/mol. The maximum Gasteiger partial charge on any atom is 0.330 e. The maximum atomic E-state index is 12.6. The number of hydrogen-bond acceptors (Lipinski definition) is 19. The third-order valence-corrected chi connectivity index (χ3v) is 10.0. The normalized spacial score (nSPS) is 34.4. The second-order valence-electron chi connectivity index (χ2n) is 14.4. The van der Waals surface area contributed by atoms with Gasteiger partial charge in [0.1, 0.15) is 73.0 Å². The number of aliphatic hydroxyl groups is 7. The molecule has 2 aromatic rings. The zero-order chi connectivity index (χ0) is 43.7. The number of rotatable bonds is 16. The lowest BCUT2D eigenvalue weighted by Gasteiger charge is -2.49. The fraction of sp³-hybridized carbons (Fsp3) is 0.575. The first-order valence-electron chi connectivity index (χ1n) is 19.2. The lowest BCUT2D eigenvalue weighted by Crippen LogP contribution is -2.67. The summed E-state index contributed by atoms with van der Waals surface area (Å²) in [5.74, 6) is -0.990. The van der Waals surface area contributed by atoms with Crippen molar-refractivity contribution >= 4 is 23.9 Å². The number of aliphatic hydroxyl groups excluding tert-OH is 7. The first-order chi connectivity index (χ1) is 28.6. The largest absolute Gasteiger partial charge is 0.497 e. The van der Waals surface area contributed by atoms with Crippen molar-refractivity contribution in [3.8, 4) is 11.5 Å². The molecule has 3 aliphatic rings. The predicted octanol–water partition coefficient (Wildman–Crippen LogP) is -1.94. The third kappa shape index (κ3) is 12.0. The molecule has 0 bridgehead atoms. The van der Waals surface area contributed by atoms with E-state index in [0.717, 1.165) is 18.6 Å². The van der Waals surface area contributed by atoms with Crippen molar-refractivity contribution in [1.82, 2.24) is 5.32 Å². The molecule has 3 fully saturated rings. The highest BCUT2D eigenvalue weighted by Gasteiger charge is 2.55. The molecule has 5 rings (SSSR count). The van der Waals surface area contributed by atoms with E-state index >= 15 is 0 Å². The summed E-state index contributed by atoms with van der Waals surface area (Å²) in [6, 6.07) is 13.4. The lowest BCUT2D eigenvalue weighted by atomic mass is 9.96. The Morgan fingerprint density at radius 2 is 1.30 bits per heavy atom. The summed E-state index contributed by atoms with van der Waals surface area (Å²) in [4.78, 5) is 36.4. The molecular formula is C40H53NO19. The van der Waals surface area contributed by atoms with Crippen LogP contribution >= 0.6 is 0 Å². The number of carbonyl (C=O) groups excluding carboxylic acids is 3. The van der Waals surface area contributed by atoms with Crippen LogP contribution in [-0.2, 0) is 54.0 Å². The lowest BCUT2D eigenvalue weighted by molar-refractivity contribution is -0.382. The minimum atomic E-state index is -1.97. The highest BCUT2D eigenvalue weighted by atomic mass is 16.8. The number of esters is 2. The zero-order valence-corrected chi connectivity index (χ0v) is 33.3. The summed E-state index contributed by atoms with van der Waals surface area (Å²) in [6.45, 7) is 2.99. The minimum absolute atomic E-state index is 0.184. The molecular weight excluding hydrogens is 798 g/mol. The molecule has 0 unspecified atom stereocenters.